The highest BCUT2D eigenvalue weighted by molar-refractivity contribution is 5.67. The van der Waals surface area contributed by atoms with Crippen molar-refractivity contribution in [2.75, 3.05) is 17.2 Å². The number of anilines is 2. The number of nitrogens with two attached hydrogens (primary N) is 1. The van der Waals surface area contributed by atoms with E-state index in [-0.39, 0.29) is 25.5 Å². The summed E-state index contributed by atoms with van der Waals surface area (Å²) in [5, 5.41) is 6.76. The van der Waals surface area contributed by atoms with E-state index in [0.29, 0.717) is 11.4 Å². The summed E-state index contributed by atoms with van der Waals surface area (Å²) < 4.78 is 52.5. The van der Waals surface area contributed by atoms with Crippen LogP contribution in [-0.4, -0.2) is 21.3 Å². The van der Waals surface area contributed by atoms with Gasteiger partial charge in [-0.05, 0) is 18.2 Å². The molecule has 21 heavy (non-hydrogen) atoms. The van der Waals surface area contributed by atoms with Crippen LogP contribution < -0.4 is 10.6 Å². The maximum absolute atomic E-state index is 13.3. The fraction of sp³-hybridized carbons (Fsp3) is 0.333. The number of rotatable bonds is 1. The lowest BCUT2D eigenvalue weighted by atomic mass is 10.2. The first kappa shape index (κ1) is 13.7. The minimum Gasteiger partial charge on any atom is -0.397 e. The molecule has 2 heterocycles. The molecule has 2 N–H and O–H groups in total. The summed E-state index contributed by atoms with van der Waals surface area (Å²) >= 11 is 0. The first-order valence-electron chi connectivity index (χ1n) is 6.15. The smallest absolute Gasteiger partial charge is 0.397 e. The Morgan fingerprint density at radius 3 is 2.62 bits per heavy atom. The minimum atomic E-state index is -4.54. The molecule has 0 bridgehead atoms. The van der Waals surface area contributed by atoms with Crippen LogP contribution in [0.2, 0.25) is 0 Å². The van der Waals surface area contributed by atoms with Crippen LogP contribution in [0.4, 0.5) is 28.9 Å². The van der Waals surface area contributed by atoms with Crippen molar-refractivity contribution in [3.8, 4) is 0 Å². The predicted octanol–water partition coefficient (Wildman–Crippen LogP) is 2.04. The van der Waals surface area contributed by atoms with Crippen LogP contribution >= 0.6 is 0 Å². The highest BCUT2D eigenvalue weighted by atomic mass is 19.4. The zero-order chi connectivity index (χ0) is 15.2. The molecule has 0 spiro atoms. The second-order valence-corrected chi connectivity index (χ2v) is 4.71. The van der Waals surface area contributed by atoms with Gasteiger partial charge in [0.15, 0.2) is 5.82 Å². The molecule has 1 aromatic carbocycles. The maximum Gasteiger partial charge on any atom is 0.451 e. The zero-order valence-electron chi connectivity index (χ0n) is 10.7. The first-order valence-corrected chi connectivity index (χ1v) is 6.15. The molecular formula is C12H11F4N5. The Morgan fingerprint density at radius 2 is 1.90 bits per heavy atom. The molecule has 1 aromatic heterocycles. The van der Waals surface area contributed by atoms with E-state index in [1.807, 2.05) is 0 Å². The number of hydrogen-bond donors (Lipinski definition) is 1. The first-order chi connectivity index (χ1) is 9.86. The van der Waals surface area contributed by atoms with Crippen molar-refractivity contribution in [1.29, 1.82) is 0 Å². The van der Waals surface area contributed by atoms with Gasteiger partial charge in [0.05, 0.1) is 17.9 Å². The fourth-order valence-corrected chi connectivity index (χ4v) is 2.36. The van der Waals surface area contributed by atoms with E-state index >= 15 is 0 Å². The fourth-order valence-electron chi connectivity index (χ4n) is 2.36. The van der Waals surface area contributed by atoms with Crippen LogP contribution in [0.5, 0.6) is 0 Å². The number of aromatic nitrogens is 3. The van der Waals surface area contributed by atoms with Crippen LogP contribution in [0, 0.1) is 5.82 Å². The van der Waals surface area contributed by atoms with E-state index in [9.17, 15) is 17.6 Å². The summed E-state index contributed by atoms with van der Waals surface area (Å²) in [5.41, 5.74) is 6.59. The topological polar surface area (TPSA) is 60.0 Å². The molecule has 1 aliphatic rings. The molecule has 0 saturated heterocycles. The largest absolute Gasteiger partial charge is 0.451 e. The van der Waals surface area contributed by atoms with Crippen LogP contribution in [0.1, 0.15) is 11.6 Å². The van der Waals surface area contributed by atoms with Gasteiger partial charge < -0.3 is 15.2 Å². The molecule has 0 aliphatic carbocycles. The number of benzene rings is 1. The Labute approximate surface area is 117 Å². The van der Waals surface area contributed by atoms with Gasteiger partial charge in [0.25, 0.3) is 0 Å². The molecular weight excluding hydrogens is 290 g/mol. The standard InChI is InChI=1S/C12H11F4N5/c13-7-1-2-8(17)9(5-7)20-3-4-21-10(6-20)18-19-11(21)12(14,15)16/h1-2,5H,3-4,6,17H2. The lowest BCUT2D eigenvalue weighted by molar-refractivity contribution is -0.147. The van der Waals surface area contributed by atoms with Crippen molar-refractivity contribution in [3.63, 3.8) is 0 Å². The van der Waals surface area contributed by atoms with Gasteiger partial charge in [-0.15, -0.1) is 10.2 Å². The van der Waals surface area contributed by atoms with E-state index in [1.54, 1.807) is 4.90 Å². The van der Waals surface area contributed by atoms with Crippen molar-refractivity contribution in [1.82, 2.24) is 14.8 Å². The number of nitrogens with zero attached hydrogens (tertiary/aromatic N) is 4. The van der Waals surface area contributed by atoms with Gasteiger partial charge in [-0.1, -0.05) is 0 Å². The molecule has 0 atom stereocenters. The molecule has 3 rings (SSSR count). The van der Waals surface area contributed by atoms with Crippen molar-refractivity contribution >= 4 is 11.4 Å². The van der Waals surface area contributed by atoms with Crippen LogP contribution in [0.3, 0.4) is 0 Å². The van der Waals surface area contributed by atoms with Gasteiger partial charge in [0, 0.05) is 13.1 Å². The van der Waals surface area contributed by atoms with Crippen LogP contribution in [0.15, 0.2) is 18.2 Å². The van der Waals surface area contributed by atoms with Gasteiger partial charge in [-0.3, -0.25) is 0 Å². The van der Waals surface area contributed by atoms with Crippen molar-refractivity contribution < 1.29 is 17.6 Å². The Bertz CT molecular complexity index is 679. The third-order valence-corrected chi connectivity index (χ3v) is 3.34. The zero-order valence-corrected chi connectivity index (χ0v) is 10.7. The van der Waals surface area contributed by atoms with Gasteiger partial charge in [0.1, 0.15) is 5.82 Å². The quantitative estimate of drug-likeness (QED) is 0.647. The van der Waals surface area contributed by atoms with Gasteiger partial charge in [-0.25, -0.2) is 4.39 Å². The summed E-state index contributed by atoms with van der Waals surface area (Å²) in [4.78, 5) is 1.68. The van der Waals surface area contributed by atoms with Gasteiger partial charge in [0.2, 0.25) is 5.82 Å². The molecule has 0 unspecified atom stereocenters. The second-order valence-electron chi connectivity index (χ2n) is 4.71. The average Bonchev–Trinajstić information content (AvgIpc) is 2.84. The maximum atomic E-state index is 13.3. The van der Waals surface area contributed by atoms with Crippen molar-refractivity contribution in [3.05, 3.63) is 35.7 Å². The molecule has 0 amide bonds. The molecule has 0 fully saturated rings. The van der Waals surface area contributed by atoms with E-state index in [0.717, 1.165) is 4.57 Å². The highest BCUT2D eigenvalue weighted by Gasteiger charge is 2.39. The van der Waals surface area contributed by atoms with Crippen molar-refractivity contribution in [2.24, 2.45) is 0 Å². The summed E-state index contributed by atoms with van der Waals surface area (Å²) in [6.07, 6.45) is -4.54. The van der Waals surface area contributed by atoms with E-state index in [2.05, 4.69) is 10.2 Å². The van der Waals surface area contributed by atoms with Gasteiger partial charge in [-0.2, -0.15) is 13.2 Å². The molecule has 0 saturated carbocycles. The number of halogens is 4. The lowest BCUT2D eigenvalue weighted by Crippen LogP contribution is -2.35. The molecule has 0 radical (unpaired) electrons. The Hall–Kier alpha value is -2.32. The Balaban J connectivity index is 1.92. The molecule has 1 aliphatic heterocycles. The SMILES string of the molecule is Nc1ccc(F)cc1N1CCn2c(nnc2C(F)(F)F)C1. The average molecular weight is 301 g/mol. The van der Waals surface area contributed by atoms with Crippen molar-refractivity contribution in [2.45, 2.75) is 19.3 Å². The summed E-state index contributed by atoms with van der Waals surface area (Å²) in [6, 6.07) is 3.91. The minimum absolute atomic E-state index is 0.0626. The summed E-state index contributed by atoms with van der Waals surface area (Å²) in [7, 11) is 0. The van der Waals surface area contributed by atoms with Crippen LogP contribution in [-0.2, 0) is 19.3 Å². The van der Waals surface area contributed by atoms with E-state index in [4.69, 9.17) is 5.73 Å². The Kier molecular flexibility index (Phi) is 2.99. The molecule has 5 nitrogen and oxygen atoms in total. The normalized spacial score (nSPS) is 15.1. The summed E-state index contributed by atoms with van der Waals surface area (Å²) in [5.74, 6) is -1.29. The third kappa shape index (κ3) is 2.39. The third-order valence-electron chi connectivity index (χ3n) is 3.34. The molecule has 2 aromatic rings. The Morgan fingerprint density at radius 1 is 1.14 bits per heavy atom. The van der Waals surface area contributed by atoms with E-state index in [1.165, 1.54) is 18.2 Å². The predicted molar refractivity (Wildman–Crippen MR) is 66.9 cm³/mol. The number of hydrogen-bond acceptors (Lipinski definition) is 4. The highest BCUT2D eigenvalue weighted by Crippen LogP contribution is 2.32. The lowest BCUT2D eigenvalue weighted by Gasteiger charge is -2.30. The second kappa shape index (κ2) is 4.61. The number of alkyl halides is 3. The summed E-state index contributed by atoms with van der Waals surface area (Å²) in [6.45, 7) is 0.422. The molecule has 112 valence electrons. The number of fused-ring (bicyclic) bond motifs is 1. The van der Waals surface area contributed by atoms with Crippen LogP contribution in [0.25, 0.3) is 0 Å². The monoisotopic (exact) mass is 301 g/mol. The number of nitrogen functional groups attached to an aromatic ring is 1. The van der Waals surface area contributed by atoms with Gasteiger partial charge >= 0.3 is 6.18 Å². The van der Waals surface area contributed by atoms with E-state index < -0.39 is 17.8 Å². The molecule has 9 heteroatoms.